The number of imidazole rings is 1. The van der Waals surface area contributed by atoms with Gasteiger partial charge in [-0.15, -0.1) is 0 Å². The van der Waals surface area contributed by atoms with Gasteiger partial charge in [-0.1, -0.05) is 17.8 Å². The minimum atomic E-state index is -0.258. The molecule has 1 saturated heterocycles. The number of nitrogens with zero attached hydrogens (tertiary/aromatic N) is 3. The zero-order valence-corrected chi connectivity index (χ0v) is 19.9. The Bertz CT molecular complexity index is 1270. The Morgan fingerprint density at radius 3 is 2.67 bits per heavy atom. The first-order valence-electron chi connectivity index (χ1n) is 11.7. The average Bonchev–Trinajstić information content (AvgIpc) is 3.36. The first-order chi connectivity index (χ1) is 16.0. The van der Waals surface area contributed by atoms with E-state index in [0.717, 1.165) is 39.4 Å². The molecule has 33 heavy (non-hydrogen) atoms. The van der Waals surface area contributed by atoms with Crippen LogP contribution in [0.3, 0.4) is 0 Å². The van der Waals surface area contributed by atoms with Crippen molar-refractivity contribution in [2.24, 2.45) is 0 Å². The maximum absolute atomic E-state index is 13.2. The van der Waals surface area contributed by atoms with E-state index in [1.807, 2.05) is 28.8 Å². The Morgan fingerprint density at radius 1 is 1.15 bits per heavy atom. The number of aromatic nitrogens is 2. The number of thiazole rings is 1. The lowest BCUT2D eigenvalue weighted by Crippen LogP contribution is -2.44. The number of carbonyl (C=O) groups excluding carboxylic acids is 1. The van der Waals surface area contributed by atoms with Crippen LogP contribution in [0.2, 0.25) is 0 Å². The molecule has 3 heterocycles. The normalized spacial score (nSPS) is 19.4. The van der Waals surface area contributed by atoms with Crippen molar-refractivity contribution < 1.29 is 9.18 Å². The molecule has 1 fully saturated rings. The Morgan fingerprint density at radius 2 is 1.91 bits per heavy atom. The highest BCUT2D eigenvalue weighted by molar-refractivity contribution is 7.23. The number of carbonyl (C=O) groups is 1. The van der Waals surface area contributed by atoms with Crippen molar-refractivity contribution in [3.8, 4) is 11.3 Å². The minimum Gasteiger partial charge on any atom is -0.352 e. The third kappa shape index (κ3) is 4.52. The number of hydrogen-bond donors (Lipinski definition) is 1. The van der Waals surface area contributed by atoms with Crippen molar-refractivity contribution in [1.82, 2.24) is 19.6 Å². The van der Waals surface area contributed by atoms with Gasteiger partial charge in [-0.05, 0) is 75.6 Å². The second-order valence-electron chi connectivity index (χ2n) is 9.05. The van der Waals surface area contributed by atoms with Crippen LogP contribution in [0.25, 0.3) is 26.4 Å². The molecule has 0 saturated carbocycles. The van der Waals surface area contributed by atoms with Gasteiger partial charge in [0, 0.05) is 42.5 Å². The molecular weight excluding hydrogens is 435 g/mol. The number of hydrogen-bond acceptors (Lipinski definition) is 4. The summed E-state index contributed by atoms with van der Waals surface area (Å²) >= 11 is 1.55. The standard InChI is InChI=1S/C26H29FN4OS/c1-17-5-3-6-18(2)30(17)14-4-13-28-25(32)20-9-12-23-24(15-20)33-26-29-22(16-31(23)26)19-7-10-21(27)11-8-19/h7-12,15-18H,3-6,13-14H2,1-2H3,(H,28,32)/t17-,18-/m0/s1. The number of halogens is 1. The van der Waals surface area contributed by atoms with Gasteiger partial charge >= 0.3 is 0 Å². The van der Waals surface area contributed by atoms with Gasteiger partial charge < -0.3 is 5.32 Å². The van der Waals surface area contributed by atoms with E-state index in [2.05, 4.69) is 24.1 Å². The van der Waals surface area contributed by atoms with Gasteiger partial charge in [0.1, 0.15) is 5.82 Å². The SMILES string of the molecule is C[C@H]1CCC[C@H](C)N1CCCNC(=O)c1ccc2c(c1)sc1nc(-c3ccc(F)cc3)cn12. The Labute approximate surface area is 197 Å². The summed E-state index contributed by atoms with van der Waals surface area (Å²) in [4.78, 5) is 20.8. The van der Waals surface area contributed by atoms with Gasteiger partial charge in [-0.3, -0.25) is 14.1 Å². The summed E-state index contributed by atoms with van der Waals surface area (Å²) in [5.74, 6) is -0.290. The van der Waals surface area contributed by atoms with Gasteiger partial charge in [0.25, 0.3) is 5.91 Å². The fourth-order valence-corrected chi connectivity index (χ4v) is 5.93. The molecule has 5 rings (SSSR count). The van der Waals surface area contributed by atoms with E-state index < -0.39 is 0 Å². The Balaban J connectivity index is 1.24. The maximum atomic E-state index is 13.2. The van der Waals surface area contributed by atoms with E-state index in [9.17, 15) is 9.18 Å². The Hall–Kier alpha value is -2.77. The predicted octanol–water partition coefficient (Wildman–Crippen LogP) is 5.74. The molecule has 2 atom stereocenters. The van der Waals surface area contributed by atoms with Crippen molar-refractivity contribution in [2.45, 2.75) is 51.6 Å². The van der Waals surface area contributed by atoms with Crippen LogP contribution in [0.4, 0.5) is 4.39 Å². The highest BCUT2D eigenvalue weighted by Gasteiger charge is 2.23. The van der Waals surface area contributed by atoms with E-state index >= 15 is 0 Å². The molecule has 2 aromatic carbocycles. The first kappa shape index (κ1) is 22.0. The van der Waals surface area contributed by atoms with E-state index in [1.54, 1.807) is 23.5 Å². The number of fused-ring (bicyclic) bond motifs is 3. The molecule has 5 nitrogen and oxygen atoms in total. The molecule has 1 aliphatic rings. The second-order valence-corrected chi connectivity index (χ2v) is 10.1. The molecule has 172 valence electrons. The molecule has 1 aliphatic heterocycles. The highest BCUT2D eigenvalue weighted by atomic mass is 32.1. The van der Waals surface area contributed by atoms with Crippen LogP contribution in [0, 0.1) is 5.82 Å². The Kier molecular flexibility index (Phi) is 6.17. The fourth-order valence-electron chi connectivity index (χ4n) is 4.88. The average molecular weight is 465 g/mol. The van der Waals surface area contributed by atoms with Crippen LogP contribution in [-0.4, -0.2) is 45.4 Å². The lowest BCUT2D eigenvalue weighted by atomic mass is 9.97. The molecule has 1 amide bonds. The molecule has 0 unspecified atom stereocenters. The summed E-state index contributed by atoms with van der Waals surface area (Å²) in [7, 11) is 0. The van der Waals surface area contributed by atoms with Crippen LogP contribution in [0.1, 0.15) is 49.9 Å². The van der Waals surface area contributed by atoms with Crippen LogP contribution >= 0.6 is 11.3 Å². The van der Waals surface area contributed by atoms with E-state index in [4.69, 9.17) is 4.98 Å². The number of piperidine rings is 1. The summed E-state index contributed by atoms with van der Waals surface area (Å²) < 4.78 is 16.3. The van der Waals surface area contributed by atoms with Crippen LogP contribution in [0.15, 0.2) is 48.7 Å². The van der Waals surface area contributed by atoms with Crippen LogP contribution in [-0.2, 0) is 0 Å². The molecular formula is C26H29FN4OS. The van der Waals surface area contributed by atoms with Crippen LogP contribution < -0.4 is 5.32 Å². The predicted molar refractivity (Wildman–Crippen MR) is 132 cm³/mol. The molecule has 0 aliphatic carbocycles. The number of rotatable bonds is 6. The van der Waals surface area contributed by atoms with Gasteiger partial charge in [-0.2, -0.15) is 0 Å². The lowest BCUT2D eigenvalue weighted by Gasteiger charge is -2.39. The number of nitrogens with one attached hydrogen (secondary N) is 1. The maximum Gasteiger partial charge on any atom is 0.251 e. The van der Waals surface area contributed by atoms with Crippen molar-refractivity contribution >= 4 is 32.4 Å². The zero-order chi connectivity index (χ0) is 22.9. The van der Waals surface area contributed by atoms with Crippen molar-refractivity contribution in [2.75, 3.05) is 13.1 Å². The largest absolute Gasteiger partial charge is 0.352 e. The molecule has 1 N–H and O–H groups in total. The van der Waals surface area contributed by atoms with Crippen LogP contribution in [0.5, 0.6) is 0 Å². The topological polar surface area (TPSA) is 49.6 Å². The summed E-state index contributed by atoms with van der Waals surface area (Å²) in [6, 6.07) is 13.4. The second kappa shape index (κ2) is 9.23. The van der Waals surface area contributed by atoms with Gasteiger partial charge in [0.05, 0.1) is 15.9 Å². The molecule has 0 bridgehead atoms. The van der Waals surface area contributed by atoms with Gasteiger partial charge in [-0.25, -0.2) is 9.37 Å². The third-order valence-corrected chi connectivity index (χ3v) is 7.77. The summed E-state index contributed by atoms with van der Waals surface area (Å²) in [6.45, 7) is 6.33. The number of amides is 1. The quantitative estimate of drug-likeness (QED) is 0.370. The highest BCUT2D eigenvalue weighted by Crippen LogP contribution is 2.30. The monoisotopic (exact) mass is 464 g/mol. The molecule has 0 radical (unpaired) electrons. The minimum absolute atomic E-state index is 0.0327. The third-order valence-electron chi connectivity index (χ3n) is 6.75. The van der Waals surface area contributed by atoms with Crippen molar-refractivity contribution in [3.05, 3.63) is 60.0 Å². The van der Waals surface area contributed by atoms with Gasteiger partial charge in [0.15, 0.2) is 4.96 Å². The zero-order valence-electron chi connectivity index (χ0n) is 19.1. The molecule has 0 spiro atoms. The van der Waals surface area contributed by atoms with Crippen molar-refractivity contribution in [1.29, 1.82) is 0 Å². The first-order valence-corrected chi connectivity index (χ1v) is 12.5. The summed E-state index contributed by atoms with van der Waals surface area (Å²) in [5.41, 5.74) is 3.37. The number of benzene rings is 2. The molecule has 2 aromatic heterocycles. The fraction of sp³-hybridized carbons (Fsp3) is 0.385. The summed E-state index contributed by atoms with van der Waals surface area (Å²) in [6.07, 6.45) is 6.78. The van der Waals surface area contributed by atoms with Crippen molar-refractivity contribution in [3.63, 3.8) is 0 Å². The molecule has 7 heteroatoms. The number of likely N-dealkylation sites (tertiary alicyclic amines) is 1. The van der Waals surface area contributed by atoms with E-state index in [1.165, 1.54) is 31.4 Å². The smallest absolute Gasteiger partial charge is 0.251 e. The van der Waals surface area contributed by atoms with E-state index in [0.29, 0.717) is 24.2 Å². The van der Waals surface area contributed by atoms with E-state index in [-0.39, 0.29) is 11.7 Å². The summed E-state index contributed by atoms with van der Waals surface area (Å²) in [5, 5.41) is 3.08. The molecule has 4 aromatic rings. The lowest BCUT2D eigenvalue weighted by molar-refractivity contribution is 0.0925. The van der Waals surface area contributed by atoms with Gasteiger partial charge in [0.2, 0.25) is 0 Å².